The number of ether oxygens (including phenoxy) is 1. The second-order valence-electron chi connectivity index (χ2n) is 9.86. The lowest BCUT2D eigenvalue weighted by molar-refractivity contribution is -0.139. The predicted octanol–water partition coefficient (Wildman–Crippen LogP) is 3.68. The van der Waals surface area contributed by atoms with Crippen LogP contribution >= 0.6 is 11.6 Å². The maximum Gasteiger partial charge on any atom is 0.410 e. The number of halogens is 1. The molecule has 2 aromatic rings. The Morgan fingerprint density at radius 2 is 1.68 bits per heavy atom. The van der Waals surface area contributed by atoms with Crippen molar-refractivity contribution in [1.29, 1.82) is 0 Å². The number of carbonyl (C=O) groups is 2. The maximum absolute atomic E-state index is 13.0. The van der Waals surface area contributed by atoms with Crippen LogP contribution in [0.3, 0.4) is 0 Å². The fourth-order valence-corrected chi connectivity index (χ4v) is 4.37. The highest BCUT2D eigenvalue weighted by atomic mass is 35.5. The molecule has 0 saturated carbocycles. The fraction of sp³-hybridized carbons (Fsp3) is 0.583. The molecule has 0 N–H and O–H groups in total. The first-order valence-corrected chi connectivity index (χ1v) is 12.1. The summed E-state index contributed by atoms with van der Waals surface area (Å²) in [7, 11) is 0. The zero-order chi connectivity index (χ0) is 24.3. The van der Waals surface area contributed by atoms with Crippen LogP contribution in [0.1, 0.15) is 39.5 Å². The average molecular weight is 490 g/mol. The van der Waals surface area contributed by atoms with E-state index in [1.54, 1.807) is 17.0 Å². The molecular weight excluding hydrogens is 458 g/mol. The van der Waals surface area contributed by atoms with Gasteiger partial charge in [-0.25, -0.2) is 4.79 Å². The topological polar surface area (TPSA) is 92.0 Å². The molecular formula is C24H32ClN5O4. The Balaban J connectivity index is 1.22. The molecule has 10 heteroatoms. The second-order valence-corrected chi connectivity index (χ2v) is 10.3. The van der Waals surface area contributed by atoms with Crippen molar-refractivity contribution in [3.8, 4) is 11.4 Å². The molecule has 9 nitrogen and oxygen atoms in total. The summed E-state index contributed by atoms with van der Waals surface area (Å²) in [4.78, 5) is 35.6. The van der Waals surface area contributed by atoms with Crippen molar-refractivity contribution in [3.63, 3.8) is 0 Å². The number of rotatable bonds is 4. The van der Waals surface area contributed by atoms with Gasteiger partial charge in [0.2, 0.25) is 17.6 Å². The Morgan fingerprint density at radius 1 is 1.03 bits per heavy atom. The summed E-state index contributed by atoms with van der Waals surface area (Å²) in [6, 6.07) is 7.31. The molecule has 4 rings (SSSR count). The number of likely N-dealkylation sites (tertiary alicyclic amines) is 1. The standard InChI is InChI=1S/C24H32ClN5O4/c1-24(2,3)33-23(32)30-10-8-18(9-11-30)22(31)29-14-12-28(13-15-29)16-20-26-21(27-34-20)17-4-6-19(25)7-5-17/h4-7,18H,8-16H2,1-3H3. The zero-order valence-corrected chi connectivity index (χ0v) is 20.8. The first kappa shape index (κ1) is 24.5. The summed E-state index contributed by atoms with van der Waals surface area (Å²) < 4.78 is 10.9. The molecule has 0 radical (unpaired) electrons. The van der Waals surface area contributed by atoms with Crippen molar-refractivity contribution in [2.75, 3.05) is 39.3 Å². The van der Waals surface area contributed by atoms with Gasteiger partial charge in [0.25, 0.3) is 0 Å². The van der Waals surface area contributed by atoms with Crippen molar-refractivity contribution < 1.29 is 18.8 Å². The quantitative estimate of drug-likeness (QED) is 0.646. The molecule has 3 heterocycles. The number of amides is 2. The third-order valence-corrected chi connectivity index (χ3v) is 6.36. The maximum atomic E-state index is 13.0. The van der Waals surface area contributed by atoms with Crippen molar-refractivity contribution in [2.45, 2.75) is 45.8 Å². The van der Waals surface area contributed by atoms with Gasteiger partial charge in [0.05, 0.1) is 6.54 Å². The first-order valence-electron chi connectivity index (χ1n) is 11.8. The van der Waals surface area contributed by atoms with Gasteiger partial charge in [0, 0.05) is 55.8 Å². The van der Waals surface area contributed by atoms with E-state index < -0.39 is 5.60 Å². The van der Waals surface area contributed by atoms with Gasteiger partial charge in [-0.1, -0.05) is 16.8 Å². The van der Waals surface area contributed by atoms with E-state index in [2.05, 4.69) is 15.0 Å². The lowest BCUT2D eigenvalue weighted by atomic mass is 9.95. The van der Waals surface area contributed by atoms with Crippen molar-refractivity contribution in [1.82, 2.24) is 24.8 Å². The molecule has 0 spiro atoms. The van der Waals surface area contributed by atoms with Crippen LogP contribution in [0.25, 0.3) is 11.4 Å². The highest BCUT2D eigenvalue weighted by molar-refractivity contribution is 6.30. The van der Waals surface area contributed by atoms with E-state index in [9.17, 15) is 9.59 Å². The Morgan fingerprint density at radius 3 is 2.29 bits per heavy atom. The highest BCUT2D eigenvalue weighted by Gasteiger charge is 2.33. The molecule has 34 heavy (non-hydrogen) atoms. The number of aromatic nitrogens is 2. The number of hydrogen-bond acceptors (Lipinski definition) is 7. The molecule has 2 aliphatic heterocycles. The number of hydrogen-bond donors (Lipinski definition) is 0. The van der Waals surface area contributed by atoms with E-state index in [-0.39, 0.29) is 17.9 Å². The monoisotopic (exact) mass is 489 g/mol. The van der Waals surface area contributed by atoms with E-state index >= 15 is 0 Å². The Bertz CT molecular complexity index is 988. The van der Waals surface area contributed by atoms with Crippen molar-refractivity contribution in [2.24, 2.45) is 5.92 Å². The molecule has 0 bridgehead atoms. The number of piperidine rings is 1. The van der Waals surface area contributed by atoms with Gasteiger partial charge in [-0.05, 0) is 57.9 Å². The fourth-order valence-electron chi connectivity index (χ4n) is 4.25. The SMILES string of the molecule is CC(C)(C)OC(=O)N1CCC(C(=O)N2CCN(Cc3nc(-c4ccc(Cl)cc4)no3)CC2)CC1. The summed E-state index contributed by atoms with van der Waals surface area (Å²) in [5, 5.41) is 4.73. The van der Waals surface area contributed by atoms with E-state index in [4.69, 9.17) is 20.9 Å². The third-order valence-electron chi connectivity index (χ3n) is 6.11. The number of piperazine rings is 1. The molecule has 0 aliphatic carbocycles. The van der Waals surface area contributed by atoms with Crippen LogP contribution in [0.5, 0.6) is 0 Å². The number of nitrogens with zero attached hydrogens (tertiary/aromatic N) is 5. The van der Waals surface area contributed by atoms with Gasteiger partial charge in [0.1, 0.15) is 5.60 Å². The smallest absolute Gasteiger partial charge is 0.410 e. The Kier molecular flexibility index (Phi) is 7.42. The zero-order valence-electron chi connectivity index (χ0n) is 20.0. The van der Waals surface area contributed by atoms with Crippen LogP contribution < -0.4 is 0 Å². The van der Waals surface area contributed by atoms with Gasteiger partial charge >= 0.3 is 6.09 Å². The Hall–Kier alpha value is -2.65. The van der Waals surface area contributed by atoms with E-state index in [0.29, 0.717) is 62.3 Å². The first-order chi connectivity index (χ1) is 16.2. The summed E-state index contributed by atoms with van der Waals surface area (Å²) in [5.74, 6) is 1.24. The molecule has 1 aromatic heterocycles. The summed E-state index contributed by atoms with van der Waals surface area (Å²) in [6.07, 6.45) is 1.05. The normalized spacial score (nSPS) is 18.2. The molecule has 2 fully saturated rings. The average Bonchev–Trinajstić information content (AvgIpc) is 3.27. The lowest BCUT2D eigenvalue weighted by Crippen LogP contribution is -2.51. The molecule has 184 valence electrons. The van der Waals surface area contributed by atoms with Crippen molar-refractivity contribution in [3.05, 3.63) is 35.2 Å². The number of benzene rings is 1. The van der Waals surface area contributed by atoms with Crippen LogP contribution in [-0.4, -0.2) is 81.7 Å². The highest BCUT2D eigenvalue weighted by Crippen LogP contribution is 2.23. The van der Waals surface area contributed by atoms with E-state index in [1.165, 1.54) is 0 Å². The van der Waals surface area contributed by atoms with Crippen LogP contribution in [-0.2, 0) is 16.1 Å². The Labute approximate surface area is 205 Å². The molecule has 0 atom stereocenters. The second kappa shape index (κ2) is 10.3. The van der Waals surface area contributed by atoms with Crippen LogP contribution in [0.15, 0.2) is 28.8 Å². The van der Waals surface area contributed by atoms with Gasteiger partial charge in [-0.3, -0.25) is 9.69 Å². The molecule has 2 saturated heterocycles. The third kappa shape index (κ3) is 6.27. The predicted molar refractivity (Wildman–Crippen MR) is 127 cm³/mol. The van der Waals surface area contributed by atoms with Gasteiger partial charge in [-0.15, -0.1) is 0 Å². The minimum Gasteiger partial charge on any atom is -0.444 e. The van der Waals surface area contributed by atoms with Crippen LogP contribution in [0.2, 0.25) is 5.02 Å². The molecule has 2 amide bonds. The van der Waals surface area contributed by atoms with Gasteiger partial charge < -0.3 is 19.1 Å². The van der Waals surface area contributed by atoms with Gasteiger partial charge in [0.15, 0.2) is 0 Å². The van der Waals surface area contributed by atoms with E-state index in [1.807, 2.05) is 37.8 Å². The van der Waals surface area contributed by atoms with Crippen LogP contribution in [0, 0.1) is 5.92 Å². The lowest BCUT2D eigenvalue weighted by Gasteiger charge is -2.38. The molecule has 1 aromatic carbocycles. The minimum atomic E-state index is -0.512. The largest absolute Gasteiger partial charge is 0.444 e. The van der Waals surface area contributed by atoms with Crippen LogP contribution in [0.4, 0.5) is 4.79 Å². The molecule has 2 aliphatic rings. The minimum absolute atomic E-state index is 0.0388. The number of carbonyl (C=O) groups excluding carboxylic acids is 2. The summed E-state index contributed by atoms with van der Waals surface area (Å²) in [5.41, 5.74) is 0.342. The van der Waals surface area contributed by atoms with E-state index in [0.717, 1.165) is 18.7 Å². The molecule has 0 unspecified atom stereocenters. The van der Waals surface area contributed by atoms with Crippen molar-refractivity contribution >= 4 is 23.6 Å². The van der Waals surface area contributed by atoms with Gasteiger partial charge in [-0.2, -0.15) is 4.98 Å². The summed E-state index contributed by atoms with van der Waals surface area (Å²) >= 11 is 5.94. The summed E-state index contributed by atoms with van der Waals surface area (Å²) in [6.45, 7) is 10.1.